The summed E-state index contributed by atoms with van der Waals surface area (Å²) >= 11 is 2.19. The number of alkyl carbamates (subject to hydrolysis) is 2. The maximum Gasteiger partial charge on any atom is 0.408 e. The molecular formula is C41H78IN2O7P13. The predicted octanol–water partition coefficient (Wildman–Crippen LogP) is 15.9. The molecule has 0 aromatic heterocycles. The van der Waals surface area contributed by atoms with Crippen molar-refractivity contribution in [3.05, 3.63) is 105 Å². The first-order valence-corrected chi connectivity index (χ1v) is 43.1. The summed E-state index contributed by atoms with van der Waals surface area (Å²) < 4.78 is 24.0. The maximum absolute atomic E-state index is 12.2. The van der Waals surface area contributed by atoms with E-state index in [4.69, 9.17) is 18.9 Å². The Hall–Kier alpha value is 2.40. The van der Waals surface area contributed by atoms with Gasteiger partial charge in [0.05, 0.1) is 38.5 Å². The number of aliphatic hydroxyl groups is 1. The molecule has 0 aliphatic heterocycles. The standard InChI is InChI=1S/C21H30INO3.C20H31NO4.H9P7.H8P6/c1-16(11-13-22)19(23-20(24)26-21(3,4)5)17(2)12-14-25-15-18-9-7-6-8-10-18;1-15(11-12-24-14-17-9-7-6-8-10-17)18(16(2)13-22)21-19(23)25-20(3,4)5;1-5-7(4)6(2)3;1-5(2)6(3)4/h6-13,16,19H,14-15H2,1-5H3,(H,23,24);6-11,16,18,22H,12-14H2,1-5H3,(H,21,23);5H,1-4H2;1-4H2/b13-11+,17-12+;15-11+;;/t16-,19-;16-,18+;;/m00../s1. The zero-order valence-electron chi connectivity index (χ0n) is 39.1. The molecule has 14 atom stereocenters. The molecule has 366 valence electrons. The van der Waals surface area contributed by atoms with Gasteiger partial charge in [0.15, 0.2) is 0 Å². The highest BCUT2D eigenvalue weighted by Gasteiger charge is 2.25. The van der Waals surface area contributed by atoms with E-state index in [1.807, 2.05) is 139 Å². The van der Waals surface area contributed by atoms with Gasteiger partial charge < -0.3 is 34.7 Å². The van der Waals surface area contributed by atoms with Crippen LogP contribution in [0.1, 0.15) is 80.4 Å². The van der Waals surface area contributed by atoms with Crippen molar-refractivity contribution in [3.8, 4) is 0 Å². The maximum atomic E-state index is 12.2. The molecule has 2 aromatic rings. The number of rotatable bonds is 19. The van der Waals surface area contributed by atoms with Crippen LogP contribution in [0.4, 0.5) is 9.59 Å². The number of halogens is 1. The summed E-state index contributed by atoms with van der Waals surface area (Å²) in [6.45, 7) is 21.7. The first kappa shape index (κ1) is 68.5. The van der Waals surface area contributed by atoms with Gasteiger partial charge in [0.1, 0.15) is 11.2 Å². The Balaban J connectivity index is 0. The SMILES string of the molecule is C/C(=C\COCc1ccccc1)[C@@H](NC(=O)OC(C)(C)C)[C@@H](C)/C=C/I.C/C(=C\COCc1ccccc1)[C@@H](NC(=O)OC(C)(C)C)[C@@H](C)CO.PP(P)P(P)P.PPP(P)P(P)P. The number of carbonyl (C=O) groups excluding carboxylic acids is 2. The van der Waals surface area contributed by atoms with Crippen LogP contribution in [0, 0.1) is 11.8 Å². The van der Waals surface area contributed by atoms with Gasteiger partial charge in [-0.3, -0.25) is 0 Å². The number of hydrogen-bond donors (Lipinski definition) is 3. The van der Waals surface area contributed by atoms with Crippen LogP contribution in [-0.2, 0) is 32.2 Å². The summed E-state index contributed by atoms with van der Waals surface area (Å²) in [5.74, 6) is 0.0164. The van der Waals surface area contributed by atoms with Crippen LogP contribution in [0.3, 0.4) is 0 Å². The molecule has 0 fully saturated rings. The summed E-state index contributed by atoms with van der Waals surface area (Å²) in [4.78, 5) is 24.2. The Morgan fingerprint density at radius 1 is 0.703 bits per heavy atom. The summed E-state index contributed by atoms with van der Waals surface area (Å²) in [6, 6.07) is 19.6. The fraction of sp³-hybridized carbons (Fsp3) is 0.512. The van der Waals surface area contributed by atoms with Gasteiger partial charge >= 0.3 is 12.2 Å². The number of hydrogen-bond acceptors (Lipinski definition) is 7. The van der Waals surface area contributed by atoms with E-state index in [1.54, 1.807) is 0 Å². The van der Waals surface area contributed by atoms with Gasteiger partial charge in [-0.1, -0.05) is 134 Å². The molecule has 0 aliphatic carbocycles. The Bertz CT molecular complexity index is 1610. The molecule has 9 nitrogen and oxygen atoms in total. The first-order valence-electron chi connectivity index (χ1n) is 20.1. The summed E-state index contributed by atoms with van der Waals surface area (Å²) in [5, 5.41) is 15.3. The van der Waals surface area contributed by atoms with Crippen LogP contribution in [0.5, 0.6) is 0 Å². The molecule has 0 radical (unpaired) electrons. The molecular weight excluding hydrogens is 1160 g/mol. The van der Waals surface area contributed by atoms with Crippen LogP contribution >= 0.6 is 130 Å². The highest BCUT2D eigenvalue weighted by molar-refractivity contribution is 14.1. The highest BCUT2D eigenvalue weighted by atomic mass is 127. The predicted molar refractivity (Wildman–Crippen MR) is 328 cm³/mol. The van der Waals surface area contributed by atoms with Crippen LogP contribution in [-0.4, -0.2) is 60.4 Å². The third-order valence-electron chi connectivity index (χ3n) is 8.00. The zero-order valence-corrected chi connectivity index (χ0v) is 55.1. The van der Waals surface area contributed by atoms with Crippen molar-refractivity contribution in [1.29, 1.82) is 0 Å². The molecule has 0 saturated heterocycles. The highest BCUT2D eigenvalue weighted by Crippen LogP contribution is 2.92. The van der Waals surface area contributed by atoms with Crippen molar-refractivity contribution in [3.63, 3.8) is 0 Å². The average Bonchev–Trinajstić information content (AvgIpc) is 3.21. The molecule has 2 aromatic carbocycles. The van der Waals surface area contributed by atoms with E-state index < -0.39 is 23.4 Å². The molecule has 0 bridgehead atoms. The lowest BCUT2D eigenvalue weighted by molar-refractivity contribution is 0.0482. The molecule has 2 rings (SSSR count). The average molecular weight is 1240 g/mol. The lowest BCUT2D eigenvalue weighted by Crippen LogP contribution is -2.44. The second-order valence-electron chi connectivity index (χ2n) is 16.1. The van der Waals surface area contributed by atoms with Crippen molar-refractivity contribution in [2.75, 3.05) is 19.8 Å². The van der Waals surface area contributed by atoms with Gasteiger partial charge in [0.2, 0.25) is 0 Å². The fourth-order valence-corrected chi connectivity index (χ4v) is 21.6. The molecule has 2 amide bonds. The van der Waals surface area contributed by atoms with Crippen molar-refractivity contribution >= 4 is 142 Å². The second-order valence-corrected chi connectivity index (χ2v) is 58.8. The summed E-state index contributed by atoms with van der Waals surface area (Å²) in [6.07, 6.45) is 5.11. The van der Waals surface area contributed by atoms with Crippen molar-refractivity contribution < 1.29 is 33.6 Å². The Morgan fingerprint density at radius 2 is 1.08 bits per heavy atom. The van der Waals surface area contributed by atoms with Crippen LogP contribution in [0.25, 0.3) is 0 Å². The molecule has 23 heteroatoms. The third kappa shape index (κ3) is 39.1. The van der Waals surface area contributed by atoms with Crippen LogP contribution in [0.15, 0.2) is 94.1 Å². The van der Waals surface area contributed by atoms with E-state index in [0.717, 1.165) is 30.2 Å². The fourth-order valence-electron chi connectivity index (χ4n) is 4.77. The van der Waals surface area contributed by atoms with Gasteiger partial charge in [0.25, 0.3) is 0 Å². The lowest BCUT2D eigenvalue weighted by atomic mass is 9.95. The minimum absolute atomic E-state index is 0.0312. The lowest BCUT2D eigenvalue weighted by Gasteiger charge is -2.27. The second kappa shape index (κ2) is 39.9. The Kier molecular flexibility index (Phi) is 42.7. The molecule has 64 heavy (non-hydrogen) atoms. The van der Waals surface area contributed by atoms with Gasteiger partial charge in [-0.2, -0.15) is 0 Å². The van der Waals surface area contributed by atoms with E-state index in [-0.39, 0.29) is 58.5 Å². The normalized spacial score (nSPS) is 14.7. The molecule has 0 saturated carbocycles. The zero-order chi connectivity index (χ0) is 49.5. The van der Waals surface area contributed by atoms with Crippen molar-refractivity contribution in [2.24, 2.45) is 11.8 Å². The van der Waals surface area contributed by atoms with Gasteiger partial charge in [0, 0.05) is 12.5 Å². The monoisotopic (exact) mass is 1240 g/mol. The topological polar surface area (TPSA) is 115 Å². The van der Waals surface area contributed by atoms with Crippen molar-refractivity contribution in [2.45, 2.75) is 106 Å². The number of aliphatic hydroxyl groups excluding tert-OH is 1. The Labute approximate surface area is 425 Å². The molecule has 10 unspecified atom stereocenters. The largest absolute Gasteiger partial charge is 0.444 e. The van der Waals surface area contributed by atoms with E-state index in [2.05, 4.69) is 118 Å². The van der Waals surface area contributed by atoms with Crippen LogP contribution in [0.2, 0.25) is 0 Å². The van der Waals surface area contributed by atoms with E-state index in [0.29, 0.717) is 26.4 Å². The van der Waals surface area contributed by atoms with Crippen LogP contribution < -0.4 is 10.6 Å². The minimum atomic E-state index is -0.562. The quantitative estimate of drug-likeness (QED) is 0.0555. The molecule has 0 heterocycles. The molecule has 0 spiro atoms. The van der Waals surface area contributed by atoms with E-state index in [9.17, 15) is 14.7 Å². The number of amides is 2. The van der Waals surface area contributed by atoms with Crippen molar-refractivity contribution in [1.82, 2.24) is 10.6 Å². The summed E-state index contributed by atoms with van der Waals surface area (Å²) in [7, 11) is 23.6. The summed E-state index contributed by atoms with van der Waals surface area (Å²) in [5.41, 5.74) is 3.15. The third-order valence-corrected chi connectivity index (χ3v) is 60.2. The Morgan fingerprint density at radius 3 is 1.38 bits per heavy atom. The first-order chi connectivity index (χ1) is 29.8. The minimum Gasteiger partial charge on any atom is -0.444 e. The number of carbonyl (C=O) groups is 2. The van der Waals surface area contributed by atoms with Gasteiger partial charge in [-0.25, -0.2) is 9.59 Å². The smallest absolute Gasteiger partial charge is 0.408 e. The molecule has 3 N–H and O–H groups in total. The van der Waals surface area contributed by atoms with E-state index in [1.165, 1.54) is 0 Å². The molecule has 0 aliphatic rings. The van der Waals surface area contributed by atoms with Gasteiger partial charge in [-0.05, 0) is 104 Å². The van der Waals surface area contributed by atoms with Gasteiger partial charge in [-0.15, -0.1) is 71.4 Å². The number of nitrogens with one attached hydrogen (secondary N) is 2. The number of ether oxygens (including phenoxy) is 4. The van der Waals surface area contributed by atoms with E-state index >= 15 is 0 Å². The number of benzene rings is 2.